The quantitative estimate of drug-likeness (QED) is 0.816. The second kappa shape index (κ2) is 5.70. The van der Waals surface area contributed by atoms with Crippen molar-refractivity contribution in [1.82, 2.24) is 9.88 Å². The fraction of sp³-hybridized carbons (Fsp3) is 0.471. The van der Waals surface area contributed by atoms with Crippen LogP contribution in [0.2, 0.25) is 0 Å². The summed E-state index contributed by atoms with van der Waals surface area (Å²) in [5, 5.41) is 2.51. The molecule has 0 unspecified atom stereocenters. The highest BCUT2D eigenvalue weighted by Crippen LogP contribution is 2.18. The van der Waals surface area contributed by atoms with Crippen LogP contribution in [0, 0.1) is 6.92 Å². The lowest BCUT2D eigenvalue weighted by molar-refractivity contribution is 0.164. The molecule has 2 nitrogen and oxygen atoms in total. The van der Waals surface area contributed by atoms with Gasteiger partial charge in [0.2, 0.25) is 0 Å². The van der Waals surface area contributed by atoms with Crippen LogP contribution >= 0.6 is 0 Å². The molecule has 0 aliphatic rings. The molecule has 0 saturated heterocycles. The van der Waals surface area contributed by atoms with Gasteiger partial charge in [0.1, 0.15) is 0 Å². The number of rotatable bonds is 4. The third-order valence-corrected chi connectivity index (χ3v) is 3.61. The van der Waals surface area contributed by atoms with Crippen LogP contribution in [-0.2, 0) is 6.54 Å². The van der Waals surface area contributed by atoms with E-state index in [1.807, 2.05) is 6.20 Å². The normalized spacial score (nSPS) is 12.0. The fourth-order valence-electron chi connectivity index (χ4n) is 2.54. The van der Waals surface area contributed by atoms with Crippen LogP contribution in [-0.4, -0.2) is 22.0 Å². The van der Waals surface area contributed by atoms with Crippen molar-refractivity contribution in [2.75, 3.05) is 0 Å². The van der Waals surface area contributed by atoms with Crippen molar-refractivity contribution in [3.05, 3.63) is 41.7 Å². The minimum Gasteiger partial charge on any atom is -0.293 e. The number of fused-ring (bicyclic) bond motifs is 1. The predicted molar refractivity (Wildman–Crippen MR) is 82.3 cm³/mol. The Balaban J connectivity index is 2.30. The standard InChI is InChI=1S/C17H24N2/c1-12(2)19(13(3)4)11-17-9-16-8-14(5)6-7-15(16)10-18-17/h6-10,12-13H,11H2,1-5H3. The van der Waals surface area contributed by atoms with Crippen molar-refractivity contribution < 1.29 is 0 Å². The third kappa shape index (κ3) is 3.32. The summed E-state index contributed by atoms with van der Waals surface area (Å²) in [5.41, 5.74) is 2.45. The van der Waals surface area contributed by atoms with Crippen molar-refractivity contribution in [3.63, 3.8) is 0 Å². The molecule has 0 radical (unpaired) electrons. The van der Waals surface area contributed by atoms with E-state index in [0.717, 1.165) is 12.2 Å². The molecule has 2 rings (SSSR count). The molecule has 0 aliphatic carbocycles. The predicted octanol–water partition coefficient (Wildman–Crippen LogP) is 4.16. The maximum absolute atomic E-state index is 4.60. The lowest BCUT2D eigenvalue weighted by Gasteiger charge is -2.30. The number of nitrogens with zero attached hydrogens (tertiary/aromatic N) is 2. The summed E-state index contributed by atoms with van der Waals surface area (Å²) in [6, 6.07) is 9.81. The van der Waals surface area contributed by atoms with E-state index in [9.17, 15) is 0 Å². The number of benzene rings is 1. The Hall–Kier alpha value is -1.41. The van der Waals surface area contributed by atoms with Crippen LogP contribution in [0.4, 0.5) is 0 Å². The maximum Gasteiger partial charge on any atom is 0.0550 e. The number of aromatic nitrogens is 1. The first-order valence-corrected chi connectivity index (χ1v) is 7.08. The molecular formula is C17H24N2. The van der Waals surface area contributed by atoms with Gasteiger partial charge in [-0.2, -0.15) is 0 Å². The maximum atomic E-state index is 4.60. The number of aryl methyl sites for hydroxylation is 1. The monoisotopic (exact) mass is 256 g/mol. The molecule has 102 valence electrons. The topological polar surface area (TPSA) is 16.1 Å². The zero-order valence-corrected chi connectivity index (χ0v) is 12.6. The Morgan fingerprint density at radius 1 is 1.00 bits per heavy atom. The Kier molecular flexibility index (Phi) is 4.20. The van der Waals surface area contributed by atoms with E-state index in [-0.39, 0.29) is 0 Å². The number of pyridine rings is 1. The van der Waals surface area contributed by atoms with Gasteiger partial charge in [-0.25, -0.2) is 0 Å². The van der Waals surface area contributed by atoms with E-state index >= 15 is 0 Å². The highest BCUT2D eigenvalue weighted by Gasteiger charge is 2.14. The molecular weight excluding hydrogens is 232 g/mol. The molecule has 0 saturated carbocycles. The van der Waals surface area contributed by atoms with Gasteiger partial charge in [0, 0.05) is 30.2 Å². The Morgan fingerprint density at radius 2 is 1.68 bits per heavy atom. The highest BCUT2D eigenvalue weighted by molar-refractivity contribution is 5.82. The van der Waals surface area contributed by atoms with Gasteiger partial charge in [0.25, 0.3) is 0 Å². The zero-order chi connectivity index (χ0) is 14.0. The van der Waals surface area contributed by atoms with Crippen LogP contribution < -0.4 is 0 Å². The Labute approximate surface area is 116 Å². The average molecular weight is 256 g/mol. The van der Waals surface area contributed by atoms with Gasteiger partial charge in [-0.3, -0.25) is 9.88 Å². The second-order valence-corrected chi connectivity index (χ2v) is 5.89. The lowest BCUT2D eigenvalue weighted by Crippen LogP contribution is -2.36. The molecule has 0 aliphatic heterocycles. The summed E-state index contributed by atoms with van der Waals surface area (Å²) in [7, 11) is 0. The summed E-state index contributed by atoms with van der Waals surface area (Å²) in [6.07, 6.45) is 1.99. The zero-order valence-electron chi connectivity index (χ0n) is 12.6. The Bertz CT molecular complexity index is 550. The van der Waals surface area contributed by atoms with E-state index in [4.69, 9.17) is 0 Å². The van der Waals surface area contributed by atoms with Gasteiger partial charge in [-0.05, 0) is 46.1 Å². The van der Waals surface area contributed by atoms with Crippen LogP contribution in [0.1, 0.15) is 39.0 Å². The first kappa shape index (κ1) is 14.0. The minimum atomic E-state index is 0.537. The van der Waals surface area contributed by atoms with E-state index in [2.05, 4.69) is 68.8 Å². The van der Waals surface area contributed by atoms with Crippen molar-refractivity contribution in [2.45, 2.75) is 53.2 Å². The molecule has 0 amide bonds. The third-order valence-electron chi connectivity index (χ3n) is 3.61. The summed E-state index contributed by atoms with van der Waals surface area (Å²) in [4.78, 5) is 7.06. The summed E-state index contributed by atoms with van der Waals surface area (Å²) >= 11 is 0. The van der Waals surface area contributed by atoms with Crippen LogP contribution in [0.5, 0.6) is 0 Å². The summed E-state index contributed by atoms with van der Waals surface area (Å²) in [6.45, 7) is 12.0. The van der Waals surface area contributed by atoms with Crippen molar-refractivity contribution in [2.24, 2.45) is 0 Å². The number of hydrogen-bond donors (Lipinski definition) is 0. The molecule has 0 N–H and O–H groups in total. The molecule has 2 heteroatoms. The van der Waals surface area contributed by atoms with Gasteiger partial charge in [0.05, 0.1) is 5.69 Å². The van der Waals surface area contributed by atoms with Crippen molar-refractivity contribution >= 4 is 10.8 Å². The van der Waals surface area contributed by atoms with Gasteiger partial charge in [-0.15, -0.1) is 0 Å². The summed E-state index contributed by atoms with van der Waals surface area (Å²) < 4.78 is 0. The Morgan fingerprint density at radius 3 is 2.32 bits per heavy atom. The molecule has 2 aromatic rings. The molecule has 1 heterocycles. The van der Waals surface area contributed by atoms with Crippen molar-refractivity contribution in [3.8, 4) is 0 Å². The van der Waals surface area contributed by atoms with E-state index < -0.39 is 0 Å². The molecule has 1 aromatic heterocycles. The largest absolute Gasteiger partial charge is 0.293 e. The molecule has 0 fully saturated rings. The molecule has 1 aromatic carbocycles. The lowest BCUT2D eigenvalue weighted by atomic mass is 10.1. The smallest absolute Gasteiger partial charge is 0.0550 e. The first-order valence-electron chi connectivity index (χ1n) is 7.08. The van der Waals surface area contributed by atoms with Gasteiger partial charge < -0.3 is 0 Å². The van der Waals surface area contributed by atoms with E-state index in [1.165, 1.54) is 16.3 Å². The summed E-state index contributed by atoms with van der Waals surface area (Å²) in [5.74, 6) is 0. The first-order chi connectivity index (χ1) is 8.97. The van der Waals surface area contributed by atoms with Gasteiger partial charge in [-0.1, -0.05) is 23.8 Å². The SMILES string of the molecule is Cc1ccc2cnc(CN(C(C)C)C(C)C)cc2c1. The van der Waals surface area contributed by atoms with Crippen LogP contribution in [0.15, 0.2) is 30.5 Å². The number of hydrogen-bond acceptors (Lipinski definition) is 2. The molecule has 0 atom stereocenters. The fourth-order valence-corrected chi connectivity index (χ4v) is 2.54. The second-order valence-electron chi connectivity index (χ2n) is 5.89. The van der Waals surface area contributed by atoms with Gasteiger partial charge in [0.15, 0.2) is 0 Å². The molecule has 19 heavy (non-hydrogen) atoms. The van der Waals surface area contributed by atoms with E-state index in [1.54, 1.807) is 0 Å². The van der Waals surface area contributed by atoms with Crippen molar-refractivity contribution in [1.29, 1.82) is 0 Å². The highest BCUT2D eigenvalue weighted by atomic mass is 15.2. The molecule has 0 bridgehead atoms. The minimum absolute atomic E-state index is 0.537. The van der Waals surface area contributed by atoms with Gasteiger partial charge >= 0.3 is 0 Å². The van der Waals surface area contributed by atoms with E-state index in [0.29, 0.717) is 12.1 Å². The average Bonchev–Trinajstić information content (AvgIpc) is 2.34. The molecule has 0 spiro atoms. The van der Waals surface area contributed by atoms with Crippen LogP contribution in [0.3, 0.4) is 0 Å². The van der Waals surface area contributed by atoms with Crippen LogP contribution in [0.25, 0.3) is 10.8 Å².